The zero-order chi connectivity index (χ0) is 9.19. The van der Waals surface area contributed by atoms with E-state index >= 15 is 0 Å². The Bertz CT molecular complexity index is 192. The standard InChI is InChI=1S/C10H17NO/c1-4-5-9-6-10(7-9,11-3)8(2)12/h4,9,11H,1,5-7H2,2-3H3. The van der Waals surface area contributed by atoms with Crippen LogP contribution in [0.3, 0.4) is 0 Å². The summed E-state index contributed by atoms with van der Waals surface area (Å²) in [6.45, 7) is 5.36. The summed E-state index contributed by atoms with van der Waals surface area (Å²) in [5.41, 5.74) is -0.201. The Morgan fingerprint density at radius 2 is 2.33 bits per heavy atom. The van der Waals surface area contributed by atoms with E-state index in [0.717, 1.165) is 19.3 Å². The van der Waals surface area contributed by atoms with Crippen molar-refractivity contribution in [3.8, 4) is 0 Å². The van der Waals surface area contributed by atoms with Gasteiger partial charge in [-0.1, -0.05) is 6.08 Å². The average Bonchev–Trinajstić information content (AvgIpc) is 1.95. The van der Waals surface area contributed by atoms with Crippen molar-refractivity contribution in [2.45, 2.75) is 31.7 Å². The quantitative estimate of drug-likeness (QED) is 0.643. The molecule has 0 aromatic carbocycles. The summed E-state index contributed by atoms with van der Waals surface area (Å²) in [4.78, 5) is 11.2. The van der Waals surface area contributed by atoms with E-state index in [4.69, 9.17) is 0 Å². The van der Waals surface area contributed by atoms with E-state index in [0.29, 0.717) is 5.92 Å². The van der Waals surface area contributed by atoms with Gasteiger partial charge in [-0.3, -0.25) is 4.79 Å². The summed E-state index contributed by atoms with van der Waals surface area (Å²) < 4.78 is 0. The summed E-state index contributed by atoms with van der Waals surface area (Å²) in [5, 5.41) is 3.12. The van der Waals surface area contributed by atoms with Gasteiger partial charge in [-0.2, -0.15) is 0 Å². The van der Waals surface area contributed by atoms with E-state index in [1.807, 2.05) is 13.1 Å². The predicted octanol–water partition coefficient (Wildman–Crippen LogP) is 1.52. The van der Waals surface area contributed by atoms with Crippen LogP contribution in [0.25, 0.3) is 0 Å². The molecule has 0 aromatic rings. The lowest BCUT2D eigenvalue weighted by molar-refractivity contribution is -0.128. The van der Waals surface area contributed by atoms with E-state index < -0.39 is 0 Å². The first-order valence-electron chi connectivity index (χ1n) is 4.45. The van der Waals surface area contributed by atoms with E-state index in [1.54, 1.807) is 6.92 Å². The highest BCUT2D eigenvalue weighted by Crippen LogP contribution is 2.40. The zero-order valence-corrected chi connectivity index (χ0v) is 7.89. The van der Waals surface area contributed by atoms with Crippen LogP contribution >= 0.6 is 0 Å². The second-order valence-corrected chi connectivity index (χ2v) is 3.69. The number of rotatable bonds is 4. The Hall–Kier alpha value is -0.630. The first kappa shape index (κ1) is 9.46. The van der Waals surface area contributed by atoms with Crippen LogP contribution in [0.2, 0.25) is 0 Å². The molecule has 0 radical (unpaired) electrons. The highest BCUT2D eigenvalue weighted by atomic mass is 16.1. The third-order valence-corrected chi connectivity index (χ3v) is 2.93. The van der Waals surface area contributed by atoms with Gasteiger partial charge in [0.05, 0.1) is 5.54 Å². The summed E-state index contributed by atoms with van der Waals surface area (Å²) in [5.74, 6) is 0.934. The number of Topliss-reactive ketones (excluding diaryl/α,β-unsaturated/α-hetero) is 1. The Kier molecular flexibility index (Phi) is 2.68. The molecular weight excluding hydrogens is 150 g/mol. The van der Waals surface area contributed by atoms with Crippen molar-refractivity contribution >= 4 is 5.78 Å². The molecule has 1 fully saturated rings. The largest absolute Gasteiger partial charge is 0.308 e. The summed E-state index contributed by atoms with van der Waals surface area (Å²) >= 11 is 0. The van der Waals surface area contributed by atoms with Gasteiger partial charge in [0.15, 0.2) is 0 Å². The molecule has 0 aromatic heterocycles. The lowest BCUT2D eigenvalue weighted by Gasteiger charge is -2.45. The van der Waals surface area contributed by atoms with Crippen LogP contribution in [0.4, 0.5) is 0 Å². The molecule has 68 valence electrons. The minimum atomic E-state index is -0.201. The summed E-state index contributed by atoms with van der Waals surface area (Å²) in [6.07, 6.45) is 4.93. The van der Waals surface area contributed by atoms with Crippen LogP contribution in [0.5, 0.6) is 0 Å². The number of carbonyl (C=O) groups excluding carboxylic acids is 1. The summed E-state index contributed by atoms with van der Waals surface area (Å²) in [6, 6.07) is 0. The third-order valence-electron chi connectivity index (χ3n) is 2.93. The Labute approximate surface area is 74.0 Å². The molecule has 0 unspecified atom stereocenters. The van der Waals surface area contributed by atoms with Gasteiger partial charge in [-0.05, 0) is 39.2 Å². The minimum absolute atomic E-state index is 0.201. The van der Waals surface area contributed by atoms with E-state index in [1.165, 1.54) is 0 Å². The van der Waals surface area contributed by atoms with Gasteiger partial charge in [0.1, 0.15) is 5.78 Å². The molecular formula is C10H17NO. The van der Waals surface area contributed by atoms with Crippen molar-refractivity contribution < 1.29 is 4.79 Å². The molecule has 12 heavy (non-hydrogen) atoms. The fourth-order valence-electron chi connectivity index (χ4n) is 2.00. The van der Waals surface area contributed by atoms with Crippen LogP contribution < -0.4 is 5.32 Å². The molecule has 1 aliphatic carbocycles. The highest BCUT2D eigenvalue weighted by molar-refractivity contribution is 5.87. The molecule has 2 nitrogen and oxygen atoms in total. The lowest BCUT2D eigenvalue weighted by Crippen LogP contribution is -2.58. The first-order chi connectivity index (χ1) is 5.64. The molecule has 0 amide bonds. The maximum absolute atomic E-state index is 11.2. The van der Waals surface area contributed by atoms with Crippen molar-refractivity contribution in [1.82, 2.24) is 5.32 Å². The number of likely N-dealkylation sites (N-methyl/N-ethyl adjacent to an activating group) is 1. The zero-order valence-electron chi connectivity index (χ0n) is 7.89. The van der Waals surface area contributed by atoms with Crippen molar-refractivity contribution in [1.29, 1.82) is 0 Å². The van der Waals surface area contributed by atoms with Crippen molar-refractivity contribution in [3.63, 3.8) is 0 Å². The summed E-state index contributed by atoms with van der Waals surface area (Å²) in [7, 11) is 1.87. The van der Waals surface area contributed by atoms with E-state index in [-0.39, 0.29) is 11.3 Å². The van der Waals surface area contributed by atoms with Crippen molar-refractivity contribution in [3.05, 3.63) is 12.7 Å². The molecule has 1 N–H and O–H groups in total. The average molecular weight is 167 g/mol. The fourth-order valence-corrected chi connectivity index (χ4v) is 2.00. The minimum Gasteiger partial charge on any atom is -0.308 e. The molecule has 1 rings (SSSR count). The topological polar surface area (TPSA) is 29.1 Å². The number of ketones is 1. The molecule has 1 aliphatic rings. The van der Waals surface area contributed by atoms with Gasteiger partial charge in [-0.15, -0.1) is 6.58 Å². The maximum atomic E-state index is 11.2. The SMILES string of the molecule is C=CCC1CC(NC)(C(C)=O)C1. The van der Waals surface area contributed by atoms with E-state index in [9.17, 15) is 4.79 Å². The number of hydrogen-bond acceptors (Lipinski definition) is 2. The van der Waals surface area contributed by atoms with Gasteiger partial charge in [-0.25, -0.2) is 0 Å². The second kappa shape index (κ2) is 3.40. The van der Waals surface area contributed by atoms with Gasteiger partial charge in [0.25, 0.3) is 0 Å². The third kappa shape index (κ3) is 1.44. The normalized spacial score (nSPS) is 34.0. The van der Waals surface area contributed by atoms with Gasteiger partial charge in [0, 0.05) is 0 Å². The molecule has 1 saturated carbocycles. The van der Waals surface area contributed by atoms with Crippen LogP contribution in [0.1, 0.15) is 26.2 Å². The van der Waals surface area contributed by atoms with Crippen LogP contribution in [-0.4, -0.2) is 18.4 Å². The van der Waals surface area contributed by atoms with Gasteiger partial charge in [0.2, 0.25) is 0 Å². The molecule has 0 heterocycles. The lowest BCUT2D eigenvalue weighted by atomic mass is 9.65. The molecule has 0 bridgehead atoms. The van der Waals surface area contributed by atoms with Gasteiger partial charge >= 0.3 is 0 Å². The number of carbonyl (C=O) groups is 1. The monoisotopic (exact) mass is 167 g/mol. The Balaban J connectivity index is 2.46. The number of nitrogens with one attached hydrogen (secondary N) is 1. The molecule has 0 saturated heterocycles. The second-order valence-electron chi connectivity index (χ2n) is 3.69. The predicted molar refractivity (Wildman–Crippen MR) is 50.0 cm³/mol. The Morgan fingerprint density at radius 3 is 2.67 bits per heavy atom. The van der Waals surface area contributed by atoms with Crippen LogP contribution in [0, 0.1) is 5.92 Å². The molecule has 0 spiro atoms. The number of allylic oxidation sites excluding steroid dienone is 1. The van der Waals surface area contributed by atoms with E-state index in [2.05, 4.69) is 11.9 Å². The highest BCUT2D eigenvalue weighted by Gasteiger charge is 2.45. The molecule has 0 aliphatic heterocycles. The fraction of sp³-hybridized carbons (Fsp3) is 0.700. The van der Waals surface area contributed by atoms with Crippen molar-refractivity contribution in [2.24, 2.45) is 5.92 Å². The maximum Gasteiger partial charge on any atom is 0.149 e. The molecule has 0 atom stereocenters. The van der Waals surface area contributed by atoms with Crippen LogP contribution in [0.15, 0.2) is 12.7 Å². The number of hydrogen-bond donors (Lipinski definition) is 1. The first-order valence-corrected chi connectivity index (χ1v) is 4.45. The van der Waals surface area contributed by atoms with Gasteiger partial charge < -0.3 is 5.32 Å². The molecule has 2 heteroatoms. The smallest absolute Gasteiger partial charge is 0.149 e. The Morgan fingerprint density at radius 1 is 1.75 bits per heavy atom. The van der Waals surface area contributed by atoms with Crippen molar-refractivity contribution in [2.75, 3.05) is 7.05 Å². The van der Waals surface area contributed by atoms with Crippen LogP contribution in [-0.2, 0) is 4.79 Å².